The number of anilines is 1. The fraction of sp³-hybridized carbons (Fsp3) is 0.250. The molecule has 0 radical (unpaired) electrons. The van der Waals surface area contributed by atoms with Crippen molar-refractivity contribution in [2.45, 2.75) is 26.7 Å². The van der Waals surface area contributed by atoms with Gasteiger partial charge in [0.1, 0.15) is 0 Å². The molecule has 0 aliphatic carbocycles. The zero-order chi connectivity index (χ0) is 12.4. The summed E-state index contributed by atoms with van der Waals surface area (Å²) in [5.74, 6) is 0.576. The van der Waals surface area contributed by atoms with Gasteiger partial charge >= 0.3 is 0 Å². The van der Waals surface area contributed by atoms with E-state index in [-0.39, 0.29) is 0 Å². The first-order valence-electron chi connectivity index (χ1n) is 6.04. The molecule has 17 heavy (non-hydrogen) atoms. The summed E-state index contributed by atoms with van der Waals surface area (Å²) in [4.78, 5) is 0. The summed E-state index contributed by atoms with van der Waals surface area (Å²) in [6.45, 7) is 6.49. The van der Waals surface area contributed by atoms with Crippen molar-refractivity contribution in [1.29, 1.82) is 0 Å². The summed E-state index contributed by atoms with van der Waals surface area (Å²) >= 11 is 0. The normalized spacial score (nSPS) is 10.8. The van der Waals surface area contributed by atoms with E-state index in [9.17, 15) is 0 Å². The van der Waals surface area contributed by atoms with E-state index in [1.807, 2.05) is 12.1 Å². The molecule has 0 aliphatic heterocycles. The summed E-state index contributed by atoms with van der Waals surface area (Å²) in [5.41, 5.74) is 11.7. The maximum atomic E-state index is 5.87. The van der Waals surface area contributed by atoms with Crippen molar-refractivity contribution >= 4 is 5.69 Å². The quantitative estimate of drug-likeness (QED) is 0.755. The number of aryl methyl sites for hydroxylation is 1. The Bertz CT molecular complexity index is 489. The molecule has 0 bridgehead atoms. The Morgan fingerprint density at radius 3 is 2.06 bits per heavy atom. The van der Waals surface area contributed by atoms with Crippen LogP contribution in [0.2, 0.25) is 0 Å². The largest absolute Gasteiger partial charge is 0.399 e. The Morgan fingerprint density at radius 1 is 0.882 bits per heavy atom. The van der Waals surface area contributed by atoms with Crippen LogP contribution in [0.25, 0.3) is 11.1 Å². The number of nitrogen functional groups attached to an aromatic ring is 1. The van der Waals surface area contributed by atoms with Crippen LogP contribution < -0.4 is 5.73 Å². The lowest BCUT2D eigenvalue weighted by molar-refractivity contribution is 0.867. The SMILES string of the molecule is Cc1cc(N)cc(-c2ccc(C(C)C)cc2)c1. The van der Waals surface area contributed by atoms with Crippen LogP contribution in [0.5, 0.6) is 0 Å². The van der Waals surface area contributed by atoms with Gasteiger partial charge in [-0.1, -0.05) is 44.2 Å². The van der Waals surface area contributed by atoms with E-state index in [2.05, 4.69) is 51.1 Å². The predicted octanol–water partition coefficient (Wildman–Crippen LogP) is 4.37. The summed E-state index contributed by atoms with van der Waals surface area (Å²) in [5, 5.41) is 0. The molecule has 0 unspecified atom stereocenters. The molecule has 88 valence electrons. The molecule has 0 aromatic heterocycles. The molecule has 0 spiro atoms. The second-order valence-corrected chi connectivity index (χ2v) is 4.91. The molecule has 0 heterocycles. The van der Waals surface area contributed by atoms with Gasteiger partial charge in [0.2, 0.25) is 0 Å². The molecule has 2 N–H and O–H groups in total. The fourth-order valence-electron chi connectivity index (χ4n) is 2.04. The Balaban J connectivity index is 2.39. The average Bonchev–Trinajstić information content (AvgIpc) is 2.28. The van der Waals surface area contributed by atoms with Crippen LogP contribution in [-0.2, 0) is 0 Å². The topological polar surface area (TPSA) is 26.0 Å². The highest BCUT2D eigenvalue weighted by molar-refractivity contribution is 5.68. The van der Waals surface area contributed by atoms with Gasteiger partial charge in [0, 0.05) is 5.69 Å². The van der Waals surface area contributed by atoms with Gasteiger partial charge in [-0.25, -0.2) is 0 Å². The van der Waals surface area contributed by atoms with Gasteiger partial charge in [0.15, 0.2) is 0 Å². The molecule has 1 nitrogen and oxygen atoms in total. The van der Waals surface area contributed by atoms with Gasteiger partial charge < -0.3 is 5.73 Å². The third-order valence-electron chi connectivity index (χ3n) is 3.01. The smallest absolute Gasteiger partial charge is 0.0322 e. The van der Waals surface area contributed by atoms with Crippen molar-refractivity contribution in [1.82, 2.24) is 0 Å². The minimum atomic E-state index is 0.576. The van der Waals surface area contributed by atoms with Crippen molar-refractivity contribution in [2.24, 2.45) is 0 Å². The zero-order valence-electron chi connectivity index (χ0n) is 10.7. The van der Waals surface area contributed by atoms with Crippen LogP contribution >= 0.6 is 0 Å². The summed E-state index contributed by atoms with van der Waals surface area (Å²) in [7, 11) is 0. The van der Waals surface area contributed by atoms with E-state index in [1.165, 1.54) is 22.3 Å². The van der Waals surface area contributed by atoms with Crippen molar-refractivity contribution in [3.63, 3.8) is 0 Å². The monoisotopic (exact) mass is 225 g/mol. The average molecular weight is 225 g/mol. The molecule has 2 aromatic carbocycles. The van der Waals surface area contributed by atoms with Crippen LogP contribution in [0.15, 0.2) is 42.5 Å². The Kier molecular flexibility index (Phi) is 3.19. The lowest BCUT2D eigenvalue weighted by atomic mass is 9.98. The van der Waals surface area contributed by atoms with Crippen molar-refractivity contribution in [3.05, 3.63) is 53.6 Å². The minimum absolute atomic E-state index is 0.576. The Morgan fingerprint density at radius 2 is 1.53 bits per heavy atom. The second kappa shape index (κ2) is 4.62. The van der Waals surface area contributed by atoms with Gasteiger partial charge in [-0.2, -0.15) is 0 Å². The molecule has 0 amide bonds. The first kappa shape index (κ1) is 11.7. The fourth-order valence-corrected chi connectivity index (χ4v) is 2.04. The zero-order valence-corrected chi connectivity index (χ0v) is 10.7. The van der Waals surface area contributed by atoms with Gasteiger partial charge in [0.25, 0.3) is 0 Å². The lowest BCUT2D eigenvalue weighted by Crippen LogP contribution is -1.89. The van der Waals surface area contributed by atoms with Crippen molar-refractivity contribution < 1.29 is 0 Å². The van der Waals surface area contributed by atoms with E-state index in [0.717, 1.165) is 5.69 Å². The number of benzene rings is 2. The summed E-state index contributed by atoms with van der Waals surface area (Å²) in [6, 6.07) is 14.9. The van der Waals surface area contributed by atoms with E-state index in [4.69, 9.17) is 5.73 Å². The minimum Gasteiger partial charge on any atom is -0.399 e. The van der Waals surface area contributed by atoms with Crippen LogP contribution in [0.3, 0.4) is 0 Å². The van der Waals surface area contributed by atoms with Crippen LogP contribution in [0.4, 0.5) is 5.69 Å². The number of hydrogen-bond donors (Lipinski definition) is 1. The Labute approximate surface area is 103 Å². The molecule has 0 aliphatic rings. The maximum Gasteiger partial charge on any atom is 0.0322 e. The van der Waals surface area contributed by atoms with Gasteiger partial charge in [-0.3, -0.25) is 0 Å². The van der Waals surface area contributed by atoms with Crippen LogP contribution in [0.1, 0.15) is 30.9 Å². The molecule has 0 fully saturated rings. The Hall–Kier alpha value is -1.76. The first-order valence-corrected chi connectivity index (χ1v) is 6.04. The highest BCUT2D eigenvalue weighted by Crippen LogP contribution is 2.25. The molecule has 1 heteroatoms. The predicted molar refractivity (Wildman–Crippen MR) is 75.1 cm³/mol. The van der Waals surface area contributed by atoms with Crippen molar-refractivity contribution in [2.75, 3.05) is 5.73 Å². The number of hydrogen-bond acceptors (Lipinski definition) is 1. The first-order chi connectivity index (χ1) is 8.06. The highest BCUT2D eigenvalue weighted by atomic mass is 14.5. The molecular formula is C16H19N. The maximum absolute atomic E-state index is 5.87. The van der Waals surface area contributed by atoms with E-state index in [0.29, 0.717) is 5.92 Å². The van der Waals surface area contributed by atoms with Crippen LogP contribution in [-0.4, -0.2) is 0 Å². The number of nitrogens with two attached hydrogens (primary N) is 1. The molecule has 0 saturated heterocycles. The van der Waals surface area contributed by atoms with Gasteiger partial charge in [0.05, 0.1) is 0 Å². The van der Waals surface area contributed by atoms with E-state index in [1.54, 1.807) is 0 Å². The molecule has 0 saturated carbocycles. The summed E-state index contributed by atoms with van der Waals surface area (Å²) < 4.78 is 0. The van der Waals surface area contributed by atoms with E-state index < -0.39 is 0 Å². The third-order valence-corrected chi connectivity index (χ3v) is 3.01. The standard InChI is InChI=1S/C16H19N/c1-11(2)13-4-6-14(7-5-13)15-8-12(3)9-16(17)10-15/h4-11H,17H2,1-3H3. The van der Waals surface area contributed by atoms with Gasteiger partial charge in [-0.05, 0) is 47.2 Å². The van der Waals surface area contributed by atoms with Crippen LogP contribution in [0, 0.1) is 6.92 Å². The van der Waals surface area contributed by atoms with Gasteiger partial charge in [-0.15, -0.1) is 0 Å². The highest BCUT2D eigenvalue weighted by Gasteiger charge is 2.02. The third kappa shape index (κ3) is 2.68. The molecule has 0 atom stereocenters. The van der Waals surface area contributed by atoms with Crippen molar-refractivity contribution in [3.8, 4) is 11.1 Å². The molecule has 2 aromatic rings. The van der Waals surface area contributed by atoms with E-state index >= 15 is 0 Å². The number of rotatable bonds is 2. The second-order valence-electron chi connectivity index (χ2n) is 4.91. The summed E-state index contributed by atoms with van der Waals surface area (Å²) in [6.07, 6.45) is 0. The molecule has 2 rings (SSSR count). The lowest BCUT2D eigenvalue weighted by Gasteiger charge is -2.08. The molecular weight excluding hydrogens is 206 g/mol.